The van der Waals surface area contributed by atoms with Crippen molar-refractivity contribution in [2.24, 2.45) is 0 Å². The Kier molecular flexibility index (Phi) is 7.07. The number of esters is 1. The Morgan fingerprint density at radius 2 is 1.69 bits per heavy atom. The molecule has 36 heavy (non-hydrogen) atoms. The van der Waals surface area contributed by atoms with Gasteiger partial charge in [0.25, 0.3) is 5.56 Å². The van der Waals surface area contributed by atoms with Crippen LogP contribution in [0.15, 0.2) is 81.4 Å². The average molecular weight is 515 g/mol. The third kappa shape index (κ3) is 4.56. The van der Waals surface area contributed by atoms with E-state index in [2.05, 4.69) is 0 Å². The van der Waals surface area contributed by atoms with E-state index in [1.165, 1.54) is 28.8 Å². The fourth-order valence-corrected chi connectivity index (χ4v) is 5.82. The van der Waals surface area contributed by atoms with Crippen LogP contribution in [0.5, 0.6) is 0 Å². The van der Waals surface area contributed by atoms with E-state index in [0.29, 0.717) is 26.9 Å². The topological polar surface area (TPSA) is 87.4 Å². The van der Waals surface area contributed by atoms with Gasteiger partial charge in [-0.25, -0.2) is 8.42 Å². The number of sulfone groups is 1. The Morgan fingerprint density at radius 3 is 2.36 bits per heavy atom. The number of aromatic nitrogens is 2. The largest absolute Gasteiger partial charge is 0.465 e. The van der Waals surface area contributed by atoms with Crippen LogP contribution in [-0.4, -0.2) is 30.1 Å². The lowest BCUT2D eigenvalue weighted by Crippen LogP contribution is -2.21. The van der Waals surface area contributed by atoms with Gasteiger partial charge in [0.05, 0.1) is 27.3 Å². The second-order valence-electron chi connectivity index (χ2n) is 8.12. The molecule has 4 rings (SSSR count). The lowest BCUT2D eigenvalue weighted by Gasteiger charge is -2.12. The molecule has 188 valence electrons. The second-order valence-corrected chi connectivity index (χ2v) is 10.0. The van der Waals surface area contributed by atoms with Gasteiger partial charge in [0.1, 0.15) is 6.54 Å². The van der Waals surface area contributed by atoms with Crippen LogP contribution in [-0.2, 0) is 32.3 Å². The number of benzene rings is 2. The fourth-order valence-electron chi connectivity index (χ4n) is 4.31. The van der Waals surface area contributed by atoms with Crippen LogP contribution >= 0.6 is 0 Å². The highest BCUT2D eigenvalue weighted by Gasteiger charge is 2.25. The van der Waals surface area contributed by atoms with Crippen molar-refractivity contribution >= 4 is 26.7 Å². The average Bonchev–Trinajstić information content (AvgIpc) is 3.11. The summed E-state index contributed by atoms with van der Waals surface area (Å²) in [6.45, 7) is 0.199. The van der Waals surface area contributed by atoms with Crippen LogP contribution in [0.4, 0.5) is 8.78 Å². The van der Waals surface area contributed by atoms with Gasteiger partial charge in [0.2, 0.25) is 9.84 Å². The minimum absolute atomic E-state index is 0.00603. The van der Waals surface area contributed by atoms with E-state index in [4.69, 9.17) is 4.74 Å². The molecule has 0 aliphatic rings. The molecule has 2 aromatic carbocycles. The van der Waals surface area contributed by atoms with Gasteiger partial charge in [-0.3, -0.25) is 14.2 Å². The summed E-state index contributed by atoms with van der Waals surface area (Å²) in [5.41, 5.74) is 0.609. The first-order chi connectivity index (χ1) is 17.2. The predicted molar refractivity (Wildman–Crippen MR) is 130 cm³/mol. The Balaban J connectivity index is 1.92. The van der Waals surface area contributed by atoms with Crippen LogP contribution in [0, 0.1) is 6.92 Å². The molecular weight excluding hydrogens is 490 g/mol. The van der Waals surface area contributed by atoms with E-state index in [1.807, 2.05) is 0 Å². The molecule has 0 spiro atoms. The zero-order valence-electron chi connectivity index (χ0n) is 19.6. The van der Waals surface area contributed by atoms with Gasteiger partial charge >= 0.3 is 12.5 Å². The highest BCUT2D eigenvalue weighted by Crippen LogP contribution is 2.31. The van der Waals surface area contributed by atoms with E-state index in [-0.39, 0.29) is 34.7 Å². The monoisotopic (exact) mass is 514 g/mol. The molecule has 0 aliphatic heterocycles. The van der Waals surface area contributed by atoms with Crippen LogP contribution in [0.1, 0.15) is 30.3 Å². The quantitative estimate of drug-likeness (QED) is 0.323. The molecule has 0 atom stereocenters. The molecule has 0 saturated heterocycles. The summed E-state index contributed by atoms with van der Waals surface area (Å²) in [4.78, 5) is 25.5. The van der Waals surface area contributed by atoms with Gasteiger partial charge in [-0.1, -0.05) is 36.4 Å². The Morgan fingerprint density at radius 1 is 1.03 bits per heavy atom. The molecule has 10 heteroatoms. The van der Waals surface area contributed by atoms with E-state index in [9.17, 15) is 26.8 Å². The highest BCUT2D eigenvalue weighted by atomic mass is 32.2. The predicted octanol–water partition coefficient (Wildman–Crippen LogP) is 4.49. The highest BCUT2D eigenvalue weighted by molar-refractivity contribution is 7.91. The summed E-state index contributed by atoms with van der Waals surface area (Å²) < 4.78 is 60.8. The Labute approximate surface area is 206 Å². The molecule has 4 aromatic rings. The van der Waals surface area contributed by atoms with Crippen molar-refractivity contribution in [2.45, 2.75) is 43.2 Å². The molecule has 0 bridgehead atoms. The number of alkyl halides is 2. The van der Waals surface area contributed by atoms with Gasteiger partial charge in [-0.2, -0.15) is 8.78 Å². The summed E-state index contributed by atoms with van der Waals surface area (Å²) in [5.74, 6) is -0.547. The number of hydrogen-bond donors (Lipinski definition) is 0. The van der Waals surface area contributed by atoms with Crippen molar-refractivity contribution < 1.29 is 26.7 Å². The first kappa shape index (κ1) is 25.3. The van der Waals surface area contributed by atoms with Crippen molar-refractivity contribution in [1.29, 1.82) is 0 Å². The molecule has 2 heterocycles. The number of hydrogen-bond acceptors (Lipinski definition) is 5. The maximum absolute atomic E-state index is 13.5. The molecule has 0 saturated carbocycles. The van der Waals surface area contributed by atoms with Crippen LogP contribution in [0.25, 0.3) is 10.9 Å². The van der Waals surface area contributed by atoms with Crippen molar-refractivity contribution in [3.8, 4) is 0 Å². The summed E-state index contributed by atoms with van der Waals surface area (Å²) >= 11 is 0. The second kappa shape index (κ2) is 10.1. The molecule has 0 fully saturated rings. The van der Waals surface area contributed by atoms with Gasteiger partial charge in [0.15, 0.2) is 0 Å². The van der Waals surface area contributed by atoms with E-state index in [1.54, 1.807) is 50.2 Å². The van der Waals surface area contributed by atoms with Crippen LogP contribution in [0.2, 0.25) is 0 Å². The van der Waals surface area contributed by atoms with Gasteiger partial charge < -0.3 is 9.30 Å². The minimum Gasteiger partial charge on any atom is -0.465 e. The zero-order chi connectivity index (χ0) is 26.0. The van der Waals surface area contributed by atoms with Crippen LogP contribution in [0.3, 0.4) is 0 Å². The standard InChI is InChI=1S/C26H24F2N2O5S/c1-3-35-23(31)16-30-17(2)20(24-21(30)13-14-29(25(24)32)26(27)28)15-18-9-7-8-12-22(18)36(33,34)19-10-5-4-6-11-19/h4-14,26H,3,15-16H2,1-2H3. The smallest absolute Gasteiger partial charge is 0.325 e. The first-order valence-electron chi connectivity index (χ1n) is 11.2. The van der Waals surface area contributed by atoms with Crippen molar-refractivity contribution in [2.75, 3.05) is 6.61 Å². The van der Waals surface area contributed by atoms with Gasteiger partial charge in [-0.05, 0) is 49.2 Å². The normalized spacial score (nSPS) is 11.8. The summed E-state index contributed by atoms with van der Waals surface area (Å²) in [6.07, 6.45) is 0.955. The molecule has 0 unspecified atom stereocenters. The molecule has 0 aliphatic carbocycles. The third-order valence-corrected chi connectivity index (χ3v) is 7.89. The molecule has 0 radical (unpaired) electrons. The molecule has 0 amide bonds. The van der Waals surface area contributed by atoms with Crippen LogP contribution < -0.4 is 5.56 Å². The molecule has 2 aromatic heterocycles. The maximum Gasteiger partial charge on any atom is 0.325 e. The van der Waals surface area contributed by atoms with Crippen molar-refractivity contribution in [3.63, 3.8) is 0 Å². The van der Waals surface area contributed by atoms with Gasteiger partial charge in [0, 0.05) is 18.3 Å². The fraction of sp³-hybridized carbons (Fsp3) is 0.231. The number of carbonyl (C=O) groups excluding carboxylic acids is 1. The Bertz CT molecular complexity index is 1590. The minimum atomic E-state index is -3.89. The number of ether oxygens (including phenoxy) is 1. The zero-order valence-corrected chi connectivity index (χ0v) is 20.5. The number of carbonyl (C=O) groups is 1. The lowest BCUT2D eigenvalue weighted by atomic mass is 10.0. The first-order valence-corrected chi connectivity index (χ1v) is 12.7. The Hall–Kier alpha value is -3.79. The number of nitrogens with zero attached hydrogens (tertiary/aromatic N) is 2. The SMILES string of the molecule is CCOC(=O)Cn1c(C)c(Cc2ccccc2S(=O)(=O)c2ccccc2)c2c(=O)n(C(F)F)ccc21. The summed E-state index contributed by atoms with van der Waals surface area (Å²) in [5, 5.41) is 0.00603. The third-order valence-electron chi connectivity index (χ3n) is 6.02. The number of fused-ring (bicyclic) bond motifs is 1. The number of rotatable bonds is 8. The van der Waals surface area contributed by atoms with Crippen molar-refractivity contribution in [3.05, 3.63) is 94.0 Å². The summed E-state index contributed by atoms with van der Waals surface area (Å²) in [7, 11) is -3.89. The number of halogens is 2. The maximum atomic E-state index is 13.5. The van der Waals surface area contributed by atoms with E-state index in [0.717, 1.165) is 6.20 Å². The number of pyridine rings is 1. The van der Waals surface area contributed by atoms with Gasteiger partial charge in [-0.15, -0.1) is 0 Å². The summed E-state index contributed by atoms with van der Waals surface area (Å²) in [6, 6.07) is 15.6. The van der Waals surface area contributed by atoms with E-state index >= 15 is 0 Å². The molecule has 7 nitrogen and oxygen atoms in total. The van der Waals surface area contributed by atoms with Crippen molar-refractivity contribution in [1.82, 2.24) is 9.13 Å². The lowest BCUT2D eigenvalue weighted by molar-refractivity contribution is -0.143. The molecular formula is C26H24F2N2O5S. The van der Waals surface area contributed by atoms with E-state index < -0.39 is 27.9 Å². The molecule has 0 N–H and O–H groups in total.